The van der Waals surface area contributed by atoms with E-state index in [0.29, 0.717) is 17.1 Å². The molecule has 1 N–H and O–H groups in total. The molecule has 174 valence electrons. The maximum Gasteiger partial charge on any atom is 0.416 e. The first-order chi connectivity index (χ1) is 15.6. The Hall–Kier alpha value is -2.98. The van der Waals surface area contributed by atoms with Crippen molar-refractivity contribution in [1.82, 2.24) is 15.5 Å². The Bertz CT molecular complexity index is 1300. The standard InChI is InChI=1S/C22H20ClF3N4O2S/c1-14-12-18(20(31)28-11-10-15-6-3-4-9-19(15)23)21(30-29-14)33(32,27-2)17-8-5-7-16(13-17)22(24,25)26/h3-9,12-13H,10-11H2,1-2H3,(H,28,31)/t33-/m0/s1. The minimum Gasteiger partial charge on any atom is -0.352 e. The van der Waals surface area contributed by atoms with Gasteiger partial charge in [-0.25, -0.2) is 8.57 Å². The van der Waals surface area contributed by atoms with Crippen LogP contribution >= 0.6 is 11.6 Å². The summed E-state index contributed by atoms with van der Waals surface area (Å²) in [5, 5.41) is 10.7. The largest absolute Gasteiger partial charge is 0.416 e. The first-order valence-electron chi connectivity index (χ1n) is 9.75. The van der Waals surface area contributed by atoms with Crippen molar-refractivity contribution in [3.05, 3.63) is 82.0 Å². The summed E-state index contributed by atoms with van der Waals surface area (Å²) < 4.78 is 57.3. The maximum atomic E-state index is 13.8. The molecule has 33 heavy (non-hydrogen) atoms. The Morgan fingerprint density at radius 2 is 1.85 bits per heavy atom. The van der Waals surface area contributed by atoms with Crippen LogP contribution in [0.15, 0.2) is 68.9 Å². The highest BCUT2D eigenvalue weighted by Crippen LogP contribution is 2.33. The summed E-state index contributed by atoms with van der Waals surface area (Å²) >= 11 is 6.13. The number of nitrogens with one attached hydrogen (secondary N) is 1. The quantitative estimate of drug-likeness (QED) is 0.523. The number of halogens is 4. The second-order valence-corrected chi connectivity index (χ2v) is 9.72. The molecule has 2 aromatic carbocycles. The fraction of sp³-hybridized carbons (Fsp3) is 0.227. The van der Waals surface area contributed by atoms with E-state index >= 15 is 0 Å². The smallest absolute Gasteiger partial charge is 0.352 e. The van der Waals surface area contributed by atoms with Crippen molar-refractivity contribution in [2.75, 3.05) is 13.6 Å². The first-order valence-corrected chi connectivity index (χ1v) is 11.6. The monoisotopic (exact) mass is 496 g/mol. The van der Waals surface area contributed by atoms with Gasteiger partial charge in [-0.3, -0.25) is 4.79 Å². The van der Waals surface area contributed by atoms with E-state index in [1.807, 2.05) is 12.1 Å². The molecule has 1 atom stereocenters. The number of aromatic nitrogens is 2. The molecule has 3 aromatic rings. The van der Waals surface area contributed by atoms with Crippen molar-refractivity contribution >= 4 is 27.2 Å². The van der Waals surface area contributed by atoms with Gasteiger partial charge in [-0.05, 0) is 49.2 Å². The number of amides is 1. The van der Waals surface area contributed by atoms with Gasteiger partial charge in [-0.2, -0.15) is 18.3 Å². The van der Waals surface area contributed by atoms with Crippen LogP contribution in [0.2, 0.25) is 5.02 Å². The third-order valence-corrected chi connectivity index (χ3v) is 7.37. The van der Waals surface area contributed by atoms with E-state index in [1.54, 1.807) is 19.1 Å². The third kappa shape index (κ3) is 5.51. The fourth-order valence-electron chi connectivity index (χ4n) is 3.10. The molecule has 1 heterocycles. The molecule has 0 aliphatic heterocycles. The number of hydrogen-bond donors (Lipinski definition) is 1. The Labute approximate surface area is 194 Å². The molecular formula is C22H20ClF3N4O2S. The lowest BCUT2D eigenvalue weighted by Gasteiger charge is -2.15. The van der Waals surface area contributed by atoms with E-state index in [1.165, 1.54) is 19.2 Å². The average Bonchev–Trinajstić information content (AvgIpc) is 2.79. The minimum absolute atomic E-state index is 0.0744. The number of alkyl halides is 3. The van der Waals surface area contributed by atoms with Gasteiger partial charge in [0, 0.05) is 18.6 Å². The Balaban J connectivity index is 1.96. The molecule has 1 aromatic heterocycles. The highest BCUT2D eigenvalue weighted by Gasteiger charge is 2.33. The second-order valence-electron chi connectivity index (χ2n) is 7.04. The van der Waals surface area contributed by atoms with E-state index in [2.05, 4.69) is 19.9 Å². The average molecular weight is 497 g/mol. The van der Waals surface area contributed by atoms with Crippen LogP contribution in [-0.2, 0) is 22.3 Å². The summed E-state index contributed by atoms with van der Waals surface area (Å²) in [6.45, 7) is 1.81. The number of benzene rings is 2. The molecule has 11 heteroatoms. The van der Waals surface area contributed by atoms with Crippen LogP contribution in [0.4, 0.5) is 13.2 Å². The molecule has 0 unspecified atom stereocenters. The topological polar surface area (TPSA) is 84.3 Å². The summed E-state index contributed by atoms with van der Waals surface area (Å²) in [6.07, 6.45) is -4.19. The molecule has 0 radical (unpaired) electrons. The molecule has 0 aliphatic carbocycles. The van der Waals surface area contributed by atoms with Crippen LogP contribution in [0.3, 0.4) is 0 Å². The van der Waals surface area contributed by atoms with Crippen LogP contribution in [0.25, 0.3) is 0 Å². The number of carbonyl (C=O) groups is 1. The number of aryl methyl sites for hydroxylation is 1. The lowest BCUT2D eigenvalue weighted by molar-refractivity contribution is -0.137. The molecular weight excluding hydrogens is 477 g/mol. The van der Waals surface area contributed by atoms with E-state index in [4.69, 9.17) is 11.6 Å². The summed E-state index contributed by atoms with van der Waals surface area (Å²) in [7, 11) is -2.48. The van der Waals surface area contributed by atoms with Gasteiger partial charge in [0.05, 0.1) is 21.7 Å². The lowest BCUT2D eigenvalue weighted by Crippen LogP contribution is -2.28. The first kappa shape index (κ1) is 24.7. The Kier molecular flexibility index (Phi) is 7.38. The number of rotatable bonds is 6. The van der Waals surface area contributed by atoms with E-state index < -0.39 is 27.4 Å². The van der Waals surface area contributed by atoms with Gasteiger partial charge in [0.1, 0.15) is 9.73 Å². The number of carbonyl (C=O) groups excluding carboxylic acids is 1. The van der Waals surface area contributed by atoms with E-state index in [9.17, 15) is 22.2 Å². The molecule has 3 rings (SSSR count). The predicted molar refractivity (Wildman–Crippen MR) is 119 cm³/mol. The molecule has 0 aliphatic rings. The molecule has 1 amide bonds. The predicted octanol–water partition coefficient (Wildman–Crippen LogP) is 4.95. The number of nitrogens with zero attached hydrogens (tertiary/aromatic N) is 3. The maximum absolute atomic E-state index is 13.8. The zero-order valence-electron chi connectivity index (χ0n) is 17.7. The summed E-state index contributed by atoms with van der Waals surface area (Å²) in [4.78, 5) is 12.7. The van der Waals surface area contributed by atoms with Crippen molar-refractivity contribution in [3.8, 4) is 0 Å². The normalized spacial score (nSPS) is 13.3. The lowest BCUT2D eigenvalue weighted by atomic mass is 10.1. The van der Waals surface area contributed by atoms with Crippen molar-refractivity contribution < 1.29 is 22.2 Å². The Morgan fingerprint density at radius 1 is 1.12 bits per heavy atom. The van der Waals surface area contributed by atoms with Gasteiger partial charge in [-0.1, -0.05) is 35.9 Å². The van der Waals surface area contributed by atoms with Crippen LogP contribution < -0.4 is 5.32 Å². The van der Waals surface area contributed by atoms with Gasteiger partial charge in [-0.15, -0.1) is 5.10 Å². The van der Waals surface area contributed by atoms with Crippen LogP contribution in [0.5, 0.6) is 0 Å². The summed E-state index contributed by atoms with van der Waals surface area (Å²) in [5.41, 5.74) is 0.147. The van der Waals surface area contributed by atoms with Gasteiger partial charge in [0.2, 0.25) is 0 Å². The molecule has 0 saturated carbocycles. The zero-order chi connectivity index (χ0) is 24.2. The molecule has 0 spiro atoms. The van der Waals surface area contributed by atoms with E-state index in [0.717, 1.165) is 23.8 Å². The Morgan fingerprint density at radius 3 is 2.52 bits per heavy atom. The zero-order valence-corrected chi connectivity index (χ0v) is 19.3. The van der Waals surface area contributed by atoms with Crippen LogP contribution in [0, 0.1) is 6.92 Å². The van der Waals surface area contributed by atoms with Crippen molar-refractivity contribution in [1.29, 1.82) is 0 Å². The van der Waals surface area contributed by atoms with E-state index in [-0.39, 0.29) is 22.0 Å². The SMILES string of the molecule is CN=[S@](=O)(c1cccc(C(F)(F)F)c1)c1nnc(C)cc1C(=O)NCCc1ccccc1Cl. The van der Waals surface area contributed by atoms with Crippen molar-refractivity contribution in [3.63, 3.8) is 0 Å². The highest BCUT2D eigenvalue weighted by molar-refractivity contribution is 7.93. The van der Waals surface area contributed by atoms with Crippen LogP contribution in [-0.4, -0.2) is 33.9 Å². The van der Waals surface area contributed by atoms with Crippen molar-refractivity contribution in [2.45, 2.75) is 29.4 Å². The molecule has 6 nitrogen and oxygen atoms in total. The molecule has 0 saturated heterocycles. The van der Waals surface area contributed by atoms with Crippen LogP contribution in [0.1, 0.15) is 27.2 Å². The molecule has 0 bridgehead atoms. The van der Waals surface area contributed by atoms with Crippen molar-refractivity contribution in [2.24, 2.45) is 4.36 Å². The summed E-state index contributed by atoms with van der Waals surface area (Å²) in [5.74, 6) is -0.599. The molecule has 0 fully saturated rings. The number of hydrogen-bond acceptors (Lipinski definition) is 5. The van der Waals surface area contributed by atoms with Gasteiger partial charge < -0.3 is 5.32 Å². The van der Waals surface area contributed by atoms with Gasteiger partial charge in [0.25, 0.3) is 5.91 Å². The van der Waals surface area contributed by atoms with Gasteiger partial charge in [0.15, 0.2) is 5.03 Å². The highest BCUT2D eigenvalue weighted by atomic mass is 35.5. The fourth-order valence-corrected chi connectivity index (χ4v) is 5.09. The summed E-state index contributed by atoms with van der Waals surface area (Å²) in [6, 6.07) is 12.6. The third-order valence-electron chi connectivity index (χ3n) is 4.76. The van der Waals surface area contributed by atoms with Gasteiger partial charge >= 0.3 is 6.18 Å². The minimum atomic E-state index is -4.64. The second kappa shape index (κ2) is 9.88.